The standard InChI is InChI=1S/C19H18N4O3S/c1-23(14-19(24)22-21-13-15-8-10-20-11-9-15)27(25,26)18-7-6-16-4-2-3-5-17(16)12-18/h2-13H,14H2,1H3,(H,22,24)/b21-13-. The SMILES string of the molecule is CN(CC(=O)N/N=C\c1ccncc1)S(=O)(=O)c1ccc2ccccc2c1. The van der Waals surface area contributed by atoms with Crippen molar-refractivity contribution >= 4 is 32.9 Å². The minimum atomic E-state index is -3.79. The number of hydrazone groups is 1. The Hall–Kier alpha value is -3.10. The number of aromatic nitrogens is 1. The van der Waals surface area contributed by atoms with Gasteiger partial charge in [-0.15, -0.1) is 0 Å². The van der Waals surface area contributed by atoms with Crippen molar-refractivity contribution in [3.8, 4) is 0 Å². The van der Waals surface area contributed by atoms with Crippen molar-refractivity contribution in [3.63, 3.8) is 0 Å². The molecule has 0 radical (unpaired) electrons. The average molecular weight is 382 g/mol. The van der Waals surface area contributed by atoms with Crippen LogP contribution in [0.4, 0.5) is 0 Å². The third kappa shape index (κ3) is 4.55. The third-order valence-electron chi connectivity index (χ3n) is 3.90. The highest BCUT2D eigenvalue weighted by Gasteiger charge is 2.23. The highest BCUT2D eigenvalue weighted by Crippen LogP contribution is 2.21. The molecule has 2 aromatic carbocycles. The Morgan fingerprint density at radius 2 is 1.81 bits per heavy atom. The van der Waals surface area contributed by atoms with Crippen LogP contribution < -0.4 is 5.43 Å². The summed E-state index contributed by atoms with van der Waals surface area (Å²) in [6.07, 6.45) is 4.66. The number of amides is 1. The summed E-state index contributed by atoms with van der Waals surface area (Å²) in [5, 5.41) is 5.58. The number of fused-ring (bicyclic) bond motifs is 1. The average Bonchev–Trinajstić information content (AvgIpc) is 2.68. The summed E-state index contributed by atoms with van der Waals surface area (Å²) in [4.78, 5) is 16.0. The highest BCUT2D eigenvalue weighted by atomic mass is 32.2. The van der Waals surface area contributed by atoms with Gasteiger partial charge in [0.25, 0.3) is 5.91 Å². The van der Waals surface area contributed by atoms with Crippen molar-refractivity contribution in [2.45, 2.75) is 4.90 Å². The molecule has 27 heavy (non-hydrogen) atoms. The molecular formula is C19H18N4O3S. The van der Waals surface area contributed by atoms with Gasteiger partial charge in [0.2, 0.25) is 10.0 Å². The lowest BCUT2D eigenvalue weighted by atomic mass is 10.1. The zero-order valence-corrected chi connectivity index (χ0v) is 15.4. The van der Waals surface area contributed by atoms with Crippen molar-refractivity contribution in [1.29, 1.82) is 0 Å². The molecule has 1 N–H and O–H groups in total. The van der Waals surface area contributed by atoms with Crippen LogP contribution in [0.1, 0.15) is 5.56 Å². The van der Waals surface area contributed by atoms with Gasteiger partial charge in [0.1, 0.15) is 0 Å². The van der Waals surface area contributed by atoms with Crippen LogP contribution in [0.5, 0.6) is 0 Å². The van der Waals surface area contributed by atoms with Gasteiger partial charge in [-0.3, -0.25) is 9.78 Å². The van der Waals surface area contributed by atoms with E-state index in [1.54, 1.807) is 36.7 Å². The fourth-order valence-electron chi connectivity index (χ4n) is 2.46. The van der Waals surface area contributed by atoms with Crippen molar-refractivity contribution in [2.75, 3.05) is 13.6 Å². The molecule has 7 nitrogen and oxygen atoms in total. The second-order valence-corrected chi connectivity index (χ2v) is 7.89. The number of nitrogens with zero attached hydrogens (tertiary/aromatic N) is 3. The summed E-state index contributed by atoms with van der Waals surface area (Å²) in [5.41, 5.74) is 3.09. The first-order valence-corrected chi connectivity index (χ1v) is 9.58. The maximum Gasteiger partial charge on any atom is 0.255 e. The molecule has 1 heterocycles. The Balaban J connectivity index is 1.67. The van der Waals surface area contributed by atoms with Gasteiger partial charge in [0.15, 0.2) is 0 Å². The lowest BCUT2D eigenvalue weighted by Crippen LogP contribution is -2.36. The number of carbonyl (C=O) groups is 1. The van der Waals surface area contributed by atoms with Crippen LogP contribution in [0.2, 0.25) is 0 Å². The molecule has 0 saturated carbocycles. The van der Waals surface area contributed by atoms with E-state index in [1.165, 1.54) is 19.3 Å². The third-order valence-corrected chi connectivity index (χ3v) is 5.70. The number of benzene rings is 2. The molecule has 0 fully saturated rings. The van der Waals surface area contributed by atoms with Crippen LogP contribution in [0.15, 0.2) is 77.0 Å². The van der Waals surface area contributed by atoms with E-state index in [-0.39, 0.29) is 11.4 Å². The number of rotatable bonds is 6. The van der Waals surface area contributed by atoms with E-state index in [2.05, 4.69) is 15.5 Å². The van der Waals surface area contributed by atoms with Crippen LogP contribution >= 0.6 is 0 Å². The number of pyridine rings is 1. The summed E-state index contributed by atoms with van der Waals surface area (Å²) in [7, 11) is -2.43. The molecule has 1 amide bonds. The number of hydrogen-bond donors (Lipinski definition) is 1. The van der Waals surface area contributed by atoms with Crippen LogP contribution in [0.25, 0.3) is 10.8 Å². The minimum absolute atomic E-state index is 0.136. The molecule has 0 aliphatic carbocycles. The Morgan fingerprint density at radius 1 is 1.11 bits per heavy atom. The van der Waals surface area contributed by atoms with E-state index >= 15 is 0 Å². The predicted octanol–water partition coefficient (Wildman–Crippen LogP) is 2.01. The number of hydrogen-bond acceptors (Lipinski definition) is 5. The topological polar surface area (TPSA) is 91.7 Å². The number of likely N-dealkylation sites (N-methyl/N-ethyl adjacent to an activating group) is 1. The molecule has 0 spiro atoms. The van der Waals surface area contributed by atoms with Gasteiger partial charge in [-0.05, 0) is 40.6 Å². The van der Waals surface area contributed by atoms with Crippen molar-refractivity contribution < 1.29 is 13.2 Å². The van der Waals surface area contributed by atoms with E-state index in [1.807, 2.05) is 24.3 Å². The van der Waals surface area contributed by atoms with E-state index < -0.39 is 15.9 Å². The van der Waals surface area contributed by atoms with Gasteiger partial charge in [-0.25, -0.2) is 13.8 Å². The van der Waals surface area contributed by atoms with E-state index in [0.717, 1.165) is 20.6 Å². The molecule has 8 heteroatoms. The second-order valence-electron chi connectivity index (χ2n) is 5.84. The Bertz CT molecular complexity index is 1080. The lowest BCUT2D eigenvalue weighted by Gasteiger charge is -2.16. The Morgan fingerprint density at radius 3 is 2.56 bits per heavy atom. The summed E-state index contributed by atoms with van der Waals surface area (Å²) < 4.78 is 26.4. The lowest BCUT2D eigenvalue weighted by molar-refractivity contribution is -0.121. The van der Waals surface area contributed by atoms with E-state index in [0.29, 0.717) is 0 Å². The maximum absolute atomic E-state index is 12.7. The molecule has 0 aliphatic rings. The first-order valence-electron chi connectivity index (χ1n) is 8.14. The zero-order valence-electron chi connectivity index (χ0n) is 14.6. The van der Waals surface area contributed by atoms with Gasteiger partial charge in [-0.2, -0.15) is 9.41 Å². The van der Waals surface area contributed by atoms with Crippen molar-refractivity contribution in [1.82, 2.24) is 14.7 Å². The summed E-state index contributed by atoms with van der Waals surface area (Å²) in [6, 6.07) is 15.8. The molecule has 0 aliphatic heterocycles. The van der Waals surface area contributed by atoms with Crippen LogP contribution in [0.3, 0.4) is 0 Å². The predicted molar refractivity (Wildman–Crippen MR) is 104 cm³/mol. The van der Waals surface area contributed by atoms with Crippen molar-refractivity contribution in [3.05, 3.63) is 72.6 Å². The monoisotopic (exact) mass is 382 g/mol. The molecular weight excluding hydrogens is 364 g/mol. The fourth-order valence-corrected chi connectivity index (χ4v) is 3.62. The maximum atomic E-state index is 12.7. The Kier molecular flexibility index (Phi) is 5.58. The van der Waals surface area contributed by atoms with Crippen LogP contribution in [-0.2, 0) is 14.8 Å². The van der Waals surface area contributed by atoms with Crippen LogP contribution in [-0.4, -0.2) is 43.4 Å². The molecule has 0 saturated heterocycles. The molecule has 0 bridgehead atoms. The van der Waals surface area contributed by atoms with Gasteiger partial charge in [0, 0.05) is 19.4 Å². The summed E-state index contributed by atoms with van der Waals surface area (Å²) in [6.45, 7) is -0.344. The van der Waals surface area contributed by atoms with Gasteiger partial charge < -0.3 is 0 Å². The van der Waals surface area contributed by atoms with E-state index in [9.17, 15) is 13.2 Å². The van der Waals surface area contributed by atoms with Crippen LogP contribution in [0, 0.1) is 0 Å². The zero-order chi connectivity index (χ0) is 19.3. The normalized spacial score (nSPS) is 11.9. The number of nitrogens with one attached hydrogen (secondary N) is 1. The number of sulfonamides is 1. The first kappa shape index (κ1) is 18.7. The fraction of sp³-hybridized carbons (Fsp3) is 0.105. The largest absolute Gasteiger partial charge is 0.272 e. The molecule has 0 unspecified atom stereocenters. The molecule has 138 valence electrons. The number of carbonyl (C=O) groups excluding carboxylic acids is 1. The smallest absolute Gasteiger partial charge is 0.255 e. The highest BCUT2D eigenvalue weighted by molar-refractivity contribution is 7.89. The summed E-state index contributed by atoms with van der Waals surface area (Å²) in [5.74, 6) is -0.535. The van der Waals surface area contributed by atoms with Crippen molar-refractivity contribution in [2.24, 2.45) is 5.10 Å². The van der Waals surface area contributed by atoms with Gasteiger partial charge in [-0.1, -0.05) is 30.3 Å². The quantitative estimate of drug-likeness (QED) is 0.521. The first-order chi connectivity index (χ1) is 13.0. The minimum Gasteiger partial charge on any atom is -0.272 e. The van der Waals surface area contributed by atoms with Gasteiger partial charge in [0.05, 0.1) is 17.7 Å². The second kappa shape index (κ2) is 8.07. The molecule has 3 aromatic rings. The summed E-state index contributed by atoms with van der Waals surface area (Å²) >= 11 is 0. The molecule has 0 atom stereocenters. The van der Waals surface area contributed by atoms with Gasteiger partial charge >= 0.3 is 0 Å². The van der Waals surface area contributed by atoms with E-state index in [4.69, 9.17) is 0 Å². The Labute approximate surface area is 157 Å². The molecule has 1 aromatic heterocycles. The molecule has 3 rings (SSSR count).